The van der Waals surface area contributed by atoms with Gasteiger partial charge in [0.25, 0.3) is 0 Å². The highest BCUT2D eigenvalue weighted by molar-refractivity contribution is 5.90. The molecule has 1 aromatic heterocycles. The van der Waals surface area contributed by atoms with Crippen molar-refractivity contribution in [2.45, 2.75) is 12.5 Å². The van der Waals surface area contributed by atoms with Crippen LogP contribution in [0.1, 0.15) is 5.56 Å². The molecule has 0 aliphatic carbocycles. The van der Waals surface area contributed by atoms with Gasteiger partial charge in [-0.2, -0.15) is 0 Å². The number of hydrogen-bond donors (Lipinski definition) is 1. The first-order valence-electron chi connectivity index (χ1n) is 6.82. The number of aliphatic carboxylic acids is 1. The molecule has 1 aliphatic rings. The van der Waals surface area contributed by atoms with Gasteiger partial charge in [-0.25, -0.2) is 9.18 Å². The minimum Gasteiger partial charge on any atom is -0.480 e. The zero-order valence-corrected chi connectivity index (χ0v) is 11.6. The van der Waals surface area contributed by atoms with Crippen LogP contribution in [0.4, 0.5) is 4.39 Å². The highest BCUT2D eigenvalue weighted by Crippen LogP contribution is 2.23. The summed E-state index contributed by atoms with van der Waals surface area (Å²) >= 11 is 0. The fourth-order valence-corrected chi connectivity index (χ4v) is 2.57. The van der Waals surface area contributed by atoms with Crippen LogP contribution in [0.2, 0.25) is 0 Å². The topological polar surface area (TPSA) is 80.0 Å². The van der Waals surface area contributed by atoms with E-state index in [1.807, 2.05) is 0 Å². The number of carbonyl (C=O) groups is 2. The lowest BCUT2D eigenvalue weighted by molar-refractivity contribution is -0.157. The maximum Gasteiger partial charge on any atom is 0.328 e. The zero-order chi connectivity index (χ0) is 15.7. The molecule has 7 heteroatoms. The number of furan rings is 1. The summed E-state index contributed by atoms with van der Waals surface area (Å²) in [5, 5.41) is 9.80. The maximum absolute atomic E-state index is 13.1. The molecule has 3 rings (SSSR count). The number of amides is 1. The first kappa shape index (κ1) is 14.5. The second-order valence-corrected chi connectivity index (χ2v) is 5.09. The van der Waals surface area contributed by atoms with Crippen LogP contribution in [-0.4, -0.2) is 47.7 Å². The highest BCUT2D eigenvalue weighted by Gasteiger charge is 2.32. The number of nitrogens with zero attached hydrogens (tertiary/aromatic N) is 1. The second kappa shape index (κ2) is 5.76. The zero-order valence-electron chi connectivity index (χ0n) is 11.6. The van der Waals surface area contributed by atoms with E-state index in [-0.39, 0.29) is 25.5 Å². The molecular formula is C15H14FNO5. The van der Waals surface area contributed by atoms with Crippen LogP contribution in [0, 0.1) is 5.82 Å². The molecule has 2 heterocycles. The van der Waals surface area contributed by atoms with Crippen LogP contribution >= 0.6 is 0 Å². The van der Waals surface area contributed by atoms with E-state index in [9.17, 15) is 14.0 Å². The number of carboxylic acids is 1. The Balaban J connectivity index is 1.81. The van der Waals surface area contributed by atoms with Crippen molar-refractivity contribution in [3.05, 3.63) is 35.8 Å². The number of morpholine rings is 1. The number of ether oxygens (including phenoxy) is 1. The van der Waals surface area contributed by atoms with Crippen LogP contribution in [0.25, 0.3) is 11.0 Å². The van der Waals surface area contributed by atoms with Gasteiger partial charge < -0.3 is 19.2 Å². The Morgan fingerprint density at radius 3 is 3.00 bits per heavy atom. The maximum atomic E-state index is 13.1. The predicted octanol–water partition coefficient (Wildman–Crippen LogP) is 1.43. The van der Waals surface area contributed by atoms with E-state index in [0.29, 0.717) is 23.1 Å². The molecule has 0 radical (unpaired) electrons. The van der Waals surface area contributed by atoms with E-state index in [1.165, 1.54) is 23.3 Å². The normalized spacial score (nSPS) is 18.6. The third-order valence-corrected chi connectivity index (χ3v) is 3.69. The number of rotatable bonds is 3. The first-order valence-corrected chi connectivity index (χ1v) is 6.82. The quantitative estimate of drug-likeness (QED) is 0.928. The van der Waals surface area contributed by atoms with Gasteiger partial charge in [-0.05, 0) is 12.1 Å². The molecule has 0 bridgehead atoms. The Labute approximate surface area is 125 Å². The van der Waals surface area contributed by atoms with Crippen molar-refractivity contribution in [2.24, 2.45) is 0 Å². The summed E-state index contributed by atoms with van der Waals surface area (Å²) < 4.78 is 23.5. The van der Waals surface area contributed by atoms with Crippen molar-refractivity contribution in [3.63, 3.8) is 0 Å². The Kier molecular flexibility index (Phi) is 3.81. The average molecular weight is 307 g/mol. The van der Waals surface area contributed by atoms with Crippen molar-refractivity contribution in [3.8, 4) is 0 Å². The van der Waals surface area contributed by atoms with Crippen molar-refractivity contribution in [2.75, 3.05) is 19.8 Å². The molecular weight excluding hydrogens is 293 g/mol. The summed E-state index contributed by atoms with van der Waals surface area (Å²) in [7, 11) is 0. The summed E-state index contributed by atoms with van der Waals surface area (Å²) in [6, 6.07) is 3.11. The molecule has 1 fully saturated rings. The lowest BCUT2D eigenvalue weighted by atomic mass is 10.1. The Hall–Kier alpha value is -2.41. The summed E-state index contributed by atoms with van der Waals surface area (Å²) in [5.74, 6) is -1.83. The van der Waals surface area contributed by atoms with Crippen LogP contribution in [0.5, 0.6) is 0 Å². The molecule has 2 aromatic rings. The number of hydrogen-bond acceptors (Lipinski definition) is 4. The van der Waals surface area contributed by atoms with Gasteiger partial charge in [0, 0.05) is 23.6 Å². The van der Waals surface area contributed by atoms with Gasteiger partial charge in [0.15, 0.2) is 6.04 Å². The van der Waals surface area contributed by atoms with Crippen molar-refractivity contribution in [1.82, 2.24) is 4.90 Å². The molecule has 1 N–H and O–H groups in total. The SMILES string of the molecule is O=C(O)C1COCCN1C(=O)Cc1coc2cc(F)ccc12. The van der Waals surface area contributed by atoms with Crippen molar-refractivity contribution in [1.29, 1.82) is 0 Å². The van der Waals surface area contributed by atoms with E-state index < -0.39 is 17.8 Å². The molecule has 1 aromatic carbocycles. The Bertz CT molecular complexity index is 726. The van der Waals surface area contributed by atoms with Gasteiger partial charge in [-0.1, -0.05) is 0 Å². The first-order chi connectivity index (χ1) is 10.6. The highest BCUT2D eigenvalue weighted by atomic mass is 19.1. The fraction of sp³-hybridized carbons (Fsp3) is 0.333. The van der Waals surface area contributed by atoms with Crippen LogP contribution in [0.15, 0.2) is 28.9 Å². The third kappa shape index (κ3) is 2.67. The summed E-state index contributed by atoms with van der Waals surface area (Å²) in [6.45, 7) is 0.533. The standard InChI is InChI=1S/C15H14FNO5/c16-10-1-2-11-9(7-22-13(11)6-10)5-14(18)17-3-4-21-8-12(17)15(19)20/h1-2,6-7,12H,3-5,8H2,(H,19,20). The number of benzene rings is 1. The number of carboxylic acid groups (broad SMARTS) is 1. The number of halogens is 1. The van der Waals surface area contributed by atoms with Gasteiger partial charge in [0.05, 0.1) is 25.9 Å². The van der Waals surface area contributed by atoms with E-state index in [4.69, 9.17) is 14.3 Å². The van der Waals surface area contributed by atoms with Gasteiger partial charge >= 0.3 is 5.97 Å². The van der Waals surface area contributed by atoms with Gasteiger partial charge in [0.2, 0.25) is 5.91 Å². The van der Waals surface area contributed by atoms with E-state index in [0.717, 1.165) is 0 Å². The van der Waals surface area contributed by atoms with Crippen molar-refractivity contribution >= 4 is 22.8 Å². The molecule has 116 valence electrons. The molecule has 0 spiro atoms. The summed E-state index contributed by atoms with van der Waals surface area (Å²) in [6.07, 6.45) is 1.40. The molecule has 1 atom stereocenters. The van der Waals surface area contributed by atoms with E-state index in [1.54, 1.807) is 6.07 Å². The third-order valence-electron chi connectivity index (χ3n) is 3.69. The summed E-state index contributed by atoms with van der Waals surface area (Å²) in [5.41, 5.74) is 0.968. The van der Waals surface area contributed by atoms with Crippen LogP contribution in [-0.2, 0) is 20.7 Å². The minimum atomic E-state index is -1.09. The van der Waals surface area contributed by atoms with Gasteiger partial charge in [0.1, 0.15) is 11.4 Å². The van der Waals surface area contributed by atoms with Crippen LogP contribution < -0.4 is 0 Å². The summed E-state index contributed by atoms with van der Waals surface area (Å²) in [4.78, 5) is 24.9. The number of carbonyl (C=O) groups excluding carboxylic acids is 1. The number of fused-ring (bicyclic) bond motifs is 1. The lowest BCUT2D eigenvalue weighted by Crippen LogP contribution is -2.53. The van der Waals surface area contributed by atoms with Crippen molar-refractivity contribution < 1.29 is 28.2 Å². The predicted molar refractivity (Wildman–Crippen MR) is 73.8 cm³/mol. The monoisotopic (exact) mass is 307 g/mol. The molecule has 1 aliphatic heterocycles. The molecule has 0 saturated carbocycles. The van der Waals surface area contributed by atoms with Crippen LogP contribution in [0.3, 0.4) is 0 Å². The molecule has 6 nitrogen and oxygen atoms in total. The molecule has 1 saturated heterocycles. The van der Waals surface area contributed by atoms with Gasteiger partial charge in [-0.15, -0.1) is 0 Å². The average Bonchev–Trinajstić information content (AvgIpc) is 2.89. The molecule has 22 heavy (non-hydrogen) atoms. The molecule has 1 unspecified atom stereocenters. The minimum absolute atomic E-state index is 0.00239. The lowest BCUT2D eigenvalue weighted by Gasteiger charge is -2.32. The smallest absolute Gasteiger partial charge is 0.328 e. The Morgan fingerprint density at radius 2 is 2.23 bits per heavy atom. The fourth-order valence-electron chi connectivity index (χ4n) is 2.57. The van der Waals surface area contributed by atoms with Gasteiger partial charge in [-0.3, -0.25) is 4.79 Å². The van der Waals surface area contributed by atoms with E-state index in [2.05, 4.69) is 0 Å². The Morgan fingerprint density at radius 1 is 1.41 bits per heavy atom. The second-order valence-electron chi connectivity index (χ2n) is 5.09. The van der Waals surface area contributed by atoms with E-state index >= 15 is 0 Å². The largest absolute Gasteiger partial charge is 0.480 e. The molecule has 1 amide bonds.